The van der Waals surface area contributed by atoms with E-state index < -0.39 is 44.6 Å². The van der Waals surface area contributed by atoms with Gasteiger partial charge in [-0.3, -0.25) is 9.11 Å². The van der Waals surface area contributed by atoms with Crippen LogP contribution in [0.2, 0.25) is 12.1 Å². The molecule has 0 saturated carbocycles. The topological polar surface area (TPSA) is 164 Å². The summed E-state index contributed by atoms with van der Waals surface area (Å²) in [5.41, 5.74) is 0. The second kappa shape index (κ2) is 25.0. The van der Waals surface area contributed by atoms with Crippen molar-refractivity contribution in [1.29, 1.82) is 0 Å². The van der Waals surface area contributed by atoms with Crippen molar-refractivity contribution in [3.8, 4) is 0 Å². The van der Waals surface area contributed by atoms with Gasteiger partial charge in [0.25, 0.3) is 0 Å². The first-order chi connectivity index (χ1) is 18.3. The van der Waals surface area contributed by atoms with Crippen LogP contribution in [0, 0.1) is 0 Å². The predicted octanol–water partition coefficient (Wildman–Crippen LogP) is 4.30. The lowest BCUT2D eigenvalue weighted by atomic mass is 10.6. The van der Waals surface area contributed by atoms with Gasteiger partial charge in [0.05, 0.1) is 0 Å². The van der Waals surface area contributed by atoms with Crippen LogP contribution in [-0.4, -0.2) is 103 Å². The average molecular weight is 731 g/mol. The molecule has 0 aliphatic carbocycles. The average Bonchev–Trinajstić information content (AvgIpc) is 2.79. The van der Waals surface area contributed by atoms with Crippen LogP contribution in [0.1, 0.15) is 54.4 Å². The Morgan fingerprint density at radius 3 is 1.00 bits per heavy atom. The Balaban J connectivity index is 0. The highest BCUT2D eigenvalue weighted by Gasteiger charge is 2.40. The molecule has 238 valence electrons. The van der Waals surface area contributed by atoms with Crippen molar-refractivity contribution in [2.24, 2.45) is 0 Å². The van der Waals surface area contributed by atoms with Gasteiger partial charge in [-0.2, -0.15) is 0 Å². The highest BCUT2D eigenvalue weighted by atomic mass is 33.7. The minimum atomic E-state index is -4.48. The van der Waals surface area contributed by atoms with Crippen LogP contribution in [0.25, 0.3) is 0 Å². The molecule has 0 saturated heterocycles. The fourth-order valence-electron chi connectivity index (χ4n) is 2.99. The van der Waals surface area contributed by atoms with Crippen molar-refractivity contribution in [3.63, 3.8) is 0 Å². The maximum absolute atomic E-state index is 9.72. The van der Waals surface area contributed by atoms with Gasteiger partial charge in [-0.25, -0.2) is 16.8 Å². The first kappa shape index (κ1) is 42.8. The van der Waals surface area contributed by atoms with E-state index in [0.29, 0.717) is 39.6 Å². The molecule has 0 aromatic rings. The summed E-state index contributed by atoms with van der Waals surface area (Å²) in [4.78, 5) is 0. The van der Waals surface area contributed by atoms with Crippen LogP contribution in [-0.2, 0) is 45.7 Å². The summed E-state index contributed by atoms with van der Waals surface area (Å²) in [5, 5.41) is 0. The van der Waals surface area contributed by atoms with Crippen LogP contribution >= 0.6 is 41.2 Å². The molecule has 0 spiro atoms. The molecule has 2 N–H and O–H groups in total. The first-order valence-corrected chi connectivity index (χ1v) is 28.3. The number of hydrogen-bond acceptors (Lipinski definition) is 14. The zero-order chi connectivity index (χ0) is 30.3. The lowest BCUT2D eigenvalue weighted by Crippen LogP contribution is -2.46. The van der Waals surface area contributed by atoms with Gasteiger partial charge in [-0.1, -0.05) is 21.6 Å². The second-order valence-corrected chi connectivity index (χ2v) is 28.7. The van der Waals surface area contributed by atoms with Gasteiger partial charge in [0.2, 0.25) is 19.1 Å². The number of rotatable bonds is 25. The predicted molar refractivity (Wildman–Crippen MR) is 172 cm³/mol. The Labute approximate surface area is 254 Å². The molecule has 12 nitrogen and oxygen atoms in total. The molecule has 0 unspecified atom stereocenters. The van der Waals surface area contributed by atoms with Crippen molar-refractivity contribution in [2.45, 2.75) is 66.5 Å². The molecule has 0 aliphatic heterocycles. The molecular weight excluding hydrogens is 685 g/mol. The molecule has 39 heavy (non-hydrogen) atoms. The van der Waals surface area contributed by atoms with E-state index in [2.05, 4.69) is 0 Å². The summed E-state index contributed by atoms with van der Waals surface area (Å²) >= 11 is 0. The standard InChI is InChI=1S/C18H42O6S4Si2.H4O6S2Si/c1-7-19-29(20-8-2,21-9-3)17-13-15-25-27-28-26-16-14-18-30(22-10-4,23-11-5)24-12-6;1-7(2,3)9-8(4,5)6/h7-18H2,1-6H3;9H2,(H,1,2,3)(H,4,5,6). The fraction of sp³-hybridized carbons (Fsp3) is 1.00. The molecular formula is C18H46O12S6Si3. The largest absolute Gasteiger partial charge is 0.500 e. The number of hydrogen-bond donors (Lipinski definition) is 2. The van der Waals surface area contributed by atoms with Crippen molar-refractivity contribution in [2.75, 3.05) is 51.1 Å². The zero-order valence-corrected chi connectivity index (χ0v) is 31.9. The van der Waals surface area contributed by atoms with Gasteiger partial charge in [0.1, 0.15) is 0 Å². The monoisotopic (exact) mass is 730 g/mol. The quantitative estimate of drug-likeness (QED) is 0.0591. The smallest absolute Gasteiger partial charge is 0.374 e. The van der Waals surface area contributed by atoms with Crippen LogP contribution in [0.15, 0.2) is 0 Å². The lowest BCUT2D eigenvalue weighted by Gasteiger charge is -2.28. The van der Waals surface area contributed by atoms with E-state index in [1.165, 1.54) is 0 Å². The SMILES string of the molecule is CCO[Si](CCCSSSSCCC[Si](OCC)(OCC)OCC)(OCC)OCC.O=S(=O)(O)[SiH2]S(=O)(=O)O. The van der Waals surface area contributed by atoms with E-state index in [4.69, 9.17) is 35.7 Å². The van der Waals surface area contributed by atoms with Gasteiger partial charge in [-0.15, -0.1) is 0 Å². The van der Waals surface area contributed by atoms with E-state index in [0.717, 1.165) is 36.4 Å². The molecule has 0 amide bonds. The molecule has 21 heteroatoms. The van der Waals surface area contributed by atoms with Crippen LogP contribution in [0.4, 0.5) is 0 Å². The molecule has 0 heterocycles. The van der Waals surface area contributed by atoms with Gasteiger partial charge in [0.15, 0.2) is 0 Å². The molecule has 0 fully saturated rings. The van der Waals surface area contributed by atoms with E-state index in [1.807, 2.05) is 82.8 Å². The van der Waals surface area contributed by atoms with Gasteiger partial charge in [-0.05, 0) is 74.0 Å². The Kier molecular flexibility index (Phi) is 27.4. The van der Waals surface area contributed by atoms with Gasteiger partial charge >= 0.3 is 25.4 Å². The highest BCUT2D eigenvalue weighted by Crippen LogP contribution is 2.44. The third kappa shape index (κ3) is 25.8. The van der Waals surface area contributed by atoms with Crippen LogP contribution in [0.3, 0.4) is 0 Å². The van der Waals surface area contributed by atoms with E-state index in [-0.39, 0.29) is 0 Å². The third-order valence-electron chi connectivity index (χ3n) is 4.03. The van der Waals surface area contributed by atoms with Gasteiger partial charge in [0, 0.05) is 63.2 Å². The van der Waals surface area contributed by atoms with E-state index in [1.54, 1.807) is 0 Å². The molecule has 0 radical (unpaired) electrons. The van der Waals surface area contributed by atoms with Crippen molar-refractivity contribution in [3.05, 3.63) is 0 Å². The maximum Gasteiger partial charge on any atom is 0.500 e. The Bertz CT molecular complexity index is 697. The first-order valence-electron chi connectivity index (χ1n) is 12.6. The summed E-state index contributed by atoms with van der Waals surface area (Å²) in [5.74, 6) is 2.13. The van der Waals surface area contributed by atoms with Crippen molar-refractivity contribution < 1.29 is 52.5 Å². The van der Waals surface area contributed by atoms with E-state index in [9.17, 15) is 16.8 Å². The van der Waals surface area contributed by atoms with Crippen molar-refractivity contribution in [1.82, 2.24) is 0 Å². The summed E-state index contributed by atoms with van der Waals surface area (Å²) in [7, 11) is -9.34. The fourth-order valence-corrected chi connectivity index (χ4v) is 19.8. The molecule has 0 atom stereocenters. The van der Waals surface area contributed by atoms with E-state index >= 15 is 0 Å². The molecule has 0 aromatic heterocycles. The lowest BCUT2D eigenvalue weighted by molar-refractivity contribution is 0.0704. The summed E-state index contributed by atoms with van der Waals surface area (Å²) in [6, 6.07) is 1.76. The Morgan fingerprint density at radius 2 is 0.821 bits per heavy atom. The molecule has 0 bridgehead atoms. The minimum absolute atomic E-state index is 0.640. The summed E-state index contributed by atoms with van der Waals surface area (Å²) in [6.07, 6.45) is 2.08. The zero-order valence-electron chi connectivity index (χ0n) is 23.6. The molecule has 0 aromatic carbocycles. The van der Waals surface area contributed by atoms with Crippen molar-refractivity contribution >= 4 is 85.8 Å². The Hall–Kier alpha value is 1.63. The normalized spacial score (nSPS) is 12.8. The molecule has 0 aliphatic rings. The molecule has 0 rings (SSSR count). The van der Waals surface area contributed by atoms with Crippen LogP contribution < -0.4 is 0 Å². The summed E-state index contributed by atoms with van der Waals surface area (Å²) in [6.45, 7) is 15.8. The Morgan fingerprint density at radius 1 is 0.564 bits per heavy atom. The second-order valence-electron chi connectivity index (χ2n) is 7.23. The van der Waals surface area contributed by atoms with Gasteiger partial charge < -0.3 is 26.6 Å². The third-order valence-corrected chi connectivity index (χ3v) is 24.7. The maximum atomic E-state index is 9.72. The van der Waals surface area contributed by atoms with Crippen LogP contribution in [0.5, 0.6) is 0 Å². The highest BCUT2D eigenvalue weighted by molar-refractivity contribution is 9.26. The minimum Gasteiger partial charge on any atom is -0.374 e. The summed E-state index contributed by atoms with van der Waals surface area (Å²) < 4.78 is 90.0.